The molecule has 2 atom stereocenters. The summed E-state index contributed by atoms with van der Waals surface area (Å²) >= 11 is 0. The number of benzene rings is 2. The molecule has 3 aliphatic rings. The van der Waals surface area contributed by atoms with Gasteiger partial charge >= 0.3 is 24.4 Å². The Morgan fingerprint density at radius 2 is 1.65 bits per heavy atom. The van der Waals surface area contributed by atoms with Crippen LogP contribution in [0.3, 0.4) is 0 Å². The maximum Gasteiger partial charge on any atom is 0.416 e. The van der Waals surface area contributed by atoms with Crippen molar-refractivity contribution in [2.24, 2.45) is 5.92 Å². The Morgan fingerprint density at radius 1 is 1.00 bits per heavy atom. The van der Waals surface area contributed by atoms with Gasteiger partial charge in [0.2, 0.25) is 0 Å². The summed E-state index contributed by atoms with van der Waals surface area (Å²) in [6.07, 6.45) is -10.5. The van der Waals surface area contributed by atoms with E-state index >= 15 is 0 Å². The van der Waals surface area contributed by atoms with Crippen molar-refractivity contribution in [2.75, 3.05) is 25.1 Å². The third kappa shape index (κ3) is 6.24. The SMILES string of the molecule is COc1ccc(C2CC(C(=O)O)C2)cc1-c1c(C)cc(N2CCC2)nc1CN1C(=O)OC(c2cc(C(F)(F)F)cc(C(F)(F)F)c2)C1C. The third-order valence-electron chi connectivity index (χ3n) is 9.56. The van der Waals surface area contributed by atoms with Crippen LogP contribution in [0.4, 0.5) is 37.0 Å². The number of rotatable bonds is 8. The summed E-state index contributed by atoms with van der Waals surface area (Å²) in [5, 5.41) is 9.38. The average Bonchev–Trinajstić information content (AvgIpc) is 3.22. The molecule has 0 bridgehead atoms. The van der Waals surface area contributed by atoms with Crippen LogP contribution in [-0.2, 0) is 28.4 Å². The number of aromatic nitrogens is 1. The highest BCUT2D eigenvalue weighted by Gasteiger charge is 2.44. The van der Waals surface area contributed by atoms with E-state index in [4.69, 9.17) is 14.5 Å². The van der Waals surface area contributed by atoms with Crippen molar-refractivity contribution in [3.05, 3.63) is 76.0 Å². The van der Waals surface area contributed by atoms with E-state index in [0.717, 1.165) is 30.6 Å². The van der Waals surface area contributed by atoms with E-state index in [9.17, 15) is 41.0 Å². The first-order valence-corrected chi connectivity index (χ1v) is 15.5. The highest BCUT2D eigenvalue weighted by molar-refractivity contribution is 5.79. The van der Waals surface area contributed by atoms with Crippen molar-refractivity contribution in [3.8, 4) is 16.9 Å². The smallest absolute Gasteiger partial charge is 0.416 e. The van der Waals surface area contributed by atoms with Crippen molar-refractivity contribution >= 4 is 17.9 Å². The van der Waals surface area contributed by atoms with Gasteiger partial charge in [-0.15, -0.1) is 0 Å². The summed E-state index contributed by atoms with van der Waals surface area (Å²) in [6.45, 7) is 4.79. The Labute approximate surface area is 272 Å². The van der Waals surface area contributed by atoms with Crippen LogP contribution in [0.1, 0.15) is 71.7 Å². The number of anilines is 1. The monoisotopic (exact) mass is 677 g/mol. The van der Waals surface area contributed by atoms with Crippen molar-refractivity contribution < 1.29 is 50.5 Å². The van der Waals surface area contributed by atoms with Crippen LogP contribution in [0, 0.1) is 12.8 Å². The van der Waals surface area contributed by atoms with E-state index < -0.39 is 59.2 Å². The maximum atomic E-state index is 13.6. The summed E-state index contributed by atoms with van der Waals surface area (Å²) in [6, 6.07) is 7.76. The topological polar surface area (TPSA) is 92.2 Å². The second-order valence-electron chi connectivity index (χ2n) is 12.6. The van der Waals surface area contributed by atoms with Crippen LogP contribution in [0.15, 0.2) is 42.5 Å². The van der Waals surface area contributed by atoms with Crippen molar-refractivity contribution in [1.29, 1.82) is 0 Å². The number of halogens is 6. The first-order chi connectivity index (χ1) is 22.5. The lowest BCUT2D eigenvalue weighted by molar-refractivity contribution is -0.145. The van der Waals surface area contributed by atoms with Crippen LogP contribution in [0.25, 0.3) is 11.1 Å². The molecular formula is C34H33F6N3O5. The quantitative estimate of drug-likeness (QED) is 0.242. The number of pyridine rings is 1. The van der Waals surface area contributed by atoms with Gasteiger partial charge in [-0.3, -0.25) is 9.69 Å². The summed E-state index contributed by atoms with van der Waals surface area (Å²) in [5.41, 5.74) is 0.0520. The third-order valence-corrected chi connectivity index (χ3v) is 9.56. The molecule has 48 heavy (non-hydrogen) atoms. The number of hydrogen-bond donors (Lipinski definition) is 1. The molecule has 8 nitrogen and oxygen atoms in total. The number of amides is 1. The van der Waals surface area contributed by atoms with Gasteiger partial charge < -0.3 is 19.5 Å². The lowest BCUT2D eigenvalue weighted by atomic mass is 9.71. The summed E-state index contributed by atoms with van der Waals surface area (Å²) in [5.74, 6) is -0.0607. The number of nitrogens with zero attached hydrogens (tertiary/aromatic N) is 3. The second-order valence-corrected chi connectivity index (χ2v) is 12.6. The Morgan fingerprint density at radius 3 is 2.19 bits per heavy atom. The number of cyclic esters (lactones) is 1. The van der Waals surface area contributed by atoms with E-state index in [-0.39, 0.29) is 18.5 Å². The molecule has 1 aliphatic carbocycles. The van der Waals surface area contributed by atoms with Gasteiger partial charge in [-0.1, -0.05) is 6.07 Å². The number of carboxylic acids is 1. The lowest BCUT2D eigenvalue weighted by Crippen LogP contribution is -2.38. The molecule has 2 saturated heterocycles. The van der Waals surface area contributed by atoms with Gasteiger partial charge in [-0.05, 0) is 92.1 Å². The first-order valence-electron chi connectivity index (χ1n) is 15.5. The van der Waals surface area contributed by atoms with Gasteiger partial charge in [0, 0.05) is 24.2 Å². The Kier molecular flexibility index (Phi) is 8.49. The van der Waals surface area contributed by atoms with Crippen LogP contribution in [-0.4, -0.2) is 53.3 Å². The average molecular weight is 678 g/mol. The van der Waals surface area contributed by atoms with E-state index in [0.29, 0.717) is 53.4 Å². The molecule has 6 rings (SSSR count). The van der Waals surface area contributed by atoms with Crippen molar-refractivity contribution in [1.82, 2.24) is 9.88 Å². The fourth-order valence-electron chi connectivity index (χ4n) is 6.64. The minimum Gasteiger partial charge on any atom is -0.496 e. The second kappa shape index (κ2) is 12.2. The van der Waals surface area contributed by atoms with E-state index in [1.807, 2.05) is 25.1 Å². The lowest BCUT2D eigenvalue weighted by Gasteiger charge is -2.34. The molecule has 2 aromatic carbocycles. The maximum absolute atomic E-state index is 13.6. The van der Waals surface area contributed by atoms with Crippen LogP contribution in [0.5, 0.6) is 5.75 Å². The number of carboxylic acid groups (broad SMARTS) is 1. The molecule has 2 unspecified atom stereocenters. The van der Waals surface area contributed by atoms with E-state index in [1.165, 1.54) is 18.9 Å². The molecule has 3 fully saturated rings. The highest BCUT2D eigenvalue weighted by atomic mass is 19.4. The minimum atomic E-state index is -5.06. The molecule has 0 radical (unpaired) electrons. The molecule has 3 aromatic rings. The zero-order valence-corrected chi connectivity index (χ0v) is 26.3. The number of aliphatic carboxylic acids is 1. The fourth-order valence-corrected chi connectivity index (χ4v) is 6.64. The van der Waals surface area contributed by atoms with E-state index in [1.54, 1.807) is 6.07 Å². The van der Waals surface area contributed by atoms with Gasteiger partial charge in [-0.25, -0.2) is 9.78 Å². The molecule has 256 valence electrons. The van der Waals surface area contributed by atoms with Crippen LogP contribution < -0.4 is 9.64 Å². The molecule has 1 aromatic heterocycles. The molecular weight excluding hydrogens is 644 g/mol. The zero-order chi connectivity index (χ0) is 34.7. The van der Waals surface area contributed by atoms with Gasteiger partial charge in [-0.2, -0.15) is 26.3 Å². The normalized spacial score (nSPS) is 22.6. The predicted molar refractivity (Wildman–Crippen MR) is 162 cm³/mol. The molecule has 3 heterocycles. The van der Waals surface area contributed by atoms with E-state index in [2.05, 4.69) is 4.90 Å². The summed E-state index contributed by atoms with van der Waals surface area (Å²) in [7, 11) is 1.51. The number of methoxy groups -OCH3 is 1. The van der Waals surface area contributed by atoms with Gasteiger partial charge in [0.1, 0.15) is 17.7 Å². The van der Waals surface area contributed by atoms with Gasteiger partial charge in [0.15, 0.2) is 0 Å². The van der Waals surface area contributed by atoms with Crippen LogP contribution >= 0.6 is 0 Å². The number of hydrogen-bond acceptors (Lipinski definition) is 6. The minimum absolute atomic E-state index is 0.0243. The standard InChI is InChI=1S/C34H33F6N3O5/c1-17-9-28(42-7-4-8-42)41-26(29(17)25-14-19(5-6-27(25)47-3)20-10-22(11-20)31(44)45)16-43-18(2)30(48-32(43)46)21-12-23(33(35,36)37)15-24(13-21)34(38,39)40/h5-6,9,12-15,18,20,22,30H,4,7-8,10-11,16H2,1-3H3,(H,44,45). The van der Waals surface area contributed by atoms with Crippen molar-refractivity contribution in [2.45, 2.75) is 70.1 Å². The number of carbonyl (C=O) groups excluding carboxylic acids is 1. The predicted octanol–water partition coefficient (Wildman–Crippen LogP) is 7.97. The summed E-state index contributed by atoms with van der Waals surface area (Å²) in [4.78, 5) is 33.0. The molecule has 1 amide bonds. The molecule has 1 N–H and O–H groups in total. The highest BCUT2D eigenvalue weighted by Crippen LogP contribution is 2.46. The first kappa shape index (κ1) is 33.4. The Balaban J connectivity index is 1.39. The molecule has 1 saturated carbocycles. The van der Waals surface area contributed by atoms with Gasteiger partial charge in [0.25, 0.3) is 0 Å². The Bertz CT molecular complexity index is 1720. The Hall–Kier alpha value is -4.49. The van der Waals surface area contributed by atoms with Crippen LogP contribution in [0.2, 0.25) is 0 Å². The van der Waals surface area contributed by atoms with Gasteiger partial charge in [0.05, 0.1) is 42.4 Å². The molecule has 14 heteroatoms. The number of alkyl halides is 6. The molecule has 2 aliphatic heterocycles. The number of aryl methyl sites for hydroxylation is 1. The van der Waals surface area contributed by atoms with Crippen molar-refractivity contribution in [3.63, 3.8) is 0 Å². The fraction of sp³-hybridized carbons (Fsp3) is 0.441. The number of carbonyl (C=O) groups is 2. The largest absolute Gasteiger partial charge is 0.496 e. The summed E-state index contributed by atoms with van der Waals surface area (Å²) < 4.78 is 92.9. The molecule has 0 spiro atoms. The zero-order valence-electron chi connectivity index (χ0n) is 26.3. The number of ether oxygens (including phenoxy) is 2.